The lowest BCUT2D eigenvalue weighted by molar-refractivity contribution is 0.328. The van der Waals surface area contributed by atoms with Crippen LogP contribution in [0.25, 0.3) is 0 Å². The van der Waals surface area contributed by atoms with Crippen LogP contribution in [0.1, 0.15) is 11.1 Å². The fourth-order valence-corrected chi connectivity index (χ4v) is 2.31. The zero-order chi connectivity index (χ0) is 9.47. The predicted molar refractivity (Wildman–Crippen MR) is 46.4 cm³/mol. The number of fused-ring (bicyclic) bond motifs is 1. The molecule has 0 saturated carbocycles. The minimum absolute atomic E-state index is 0.0905. The summed E-state index contributed by atoms with van der Waals surface area (Å²) in [4.78, 5) is 0.228. The van der Waals surface area contributed by atoms with Crippen LogP contribution in [0.4, 0.5) is 0 Å². The average molecular weight is 194 g/mol. The third kappa shape index (κ3) is 1.22. The van der Waals surface area contributed by atoms with Gasteiger partial charge in [0.05, 0.1) is 11.5 Å². The van der Waals surface area contributed by atoms with E-state index in [1.807, 2.05) is 0 Å². The highest BCUT2D eigenvalue weighted by atomic mass is 32.2. The van der Waals surface area contributed by atoms with Crippen molar-refractivity contribution in [2.45, 2.75) is 11.5 Å². The summed E-state index contributed by atoms with van der Waals surface area (Å²) in [5.41, 5.74) is 1.30. The second kappa shape index (κ2) is 2.59. The van der Waals surface area contributed by atoms with Gasteiger partial charge in [-0.1, -0.05) is 5.92 Å². The van der Waals surface area contributed by atoms with Crippen molar-refractivity contribution in [1.29, 1.82) is 0 Å². The maximum atomic E-state index is 11.2. The zero-order valence-electron chi connectivity index (χ0n) is 6.65. The largest absolute Gasteiger partial charge is 0.297 e. The maximum absolute atomic E-state index is 11.2. The van der Waals surface area contributed by atoms with Gasteiger partial charge in [-0.05, 0) is 18.2 Å². The van der Waals surface area contributed by atoms with Crippen molar-refractivity contribution >= 4 is 10.1 Å². The molecule has 0 aliphatic carbocycles. The monoisotopic (exact) mass is 194 g/mol. The summed E-state index contributed by atoms with van der Waals surface area (Å²) in [7, 11) is -3.50. The van der Waals surface area contributed by atoms with Crippen molar-refractivity contribution in [2.24, 2.45) is 0 Å². The number of hydrogen-bond acceptors (Lipinski definition) is 3. The molecule has 0 spiro atoms. The Bertz CT molecular complexity index is 494. The lowest BCUT2D eigenvalue weighted by Gasteiger charge is -1.95. The Morgan fingerprint density at radius 2 is 2.23 bits per heavy atom. The fraction of sp³-hybridized carbons (Fsp3) is 0.111. The van der Waals surface area contributed by atoms with Gasteiger partial charge in [0, 0.05) is 11.1 Å². The van der Waals surface area contributed by atoms with Crippen molar-refractivity contribution in [2.75, 3.05) is 0 Å². The Kier molecular flexibility index (Phi) is 1.65. The highest BCUT2D eigenvalue weighted by Gasteiger charge is 2.26. The Balaban J connectivity index is 2.67. The lowest BCUT2D eigenvalue weighted by Crippen LogP contribution is -1.95. The molecule has 0 atom stereocenters. The molecule has 3 nitrogen and oxygen atoms in total. The van der Waals surface area contributed by atoms with Crippen LogP contribution in [0.2, 0.25) is 0 Å². The molecule has 1 aliphatic heterocycles. The summed E-state index contributed by atoms with van der Waals surface area (Å²) in [6, 6.07) is 4.72. The predicted octanol–water partition coefficient (Wildman–Crippen LogP) is 0.887. The summed E-state index contributed by atoms with van der Waals surface area (Å²) in [6.45, 7) is 0.0905. The van der Waals surface area contributed by atoms with Gasteiger partial charge in [-0.25, -0.2) is 0 Å². The van der Waals surface area contributed by atoms with Crippen molar-refractivity contribution in [3.8, 4) is 12.3 Å². The first-order chi connectivity index (χ1) is 6.13. The molecule has 0 radical (unpaired) electrons. The molecule has 1 aromatic carbocycles. The van der Waals surface area contributed by atoms with Gasteiger partial charge in [-0.3, -0.25) is 4.18 Å². The van der Waals surface area contributed by atoms with E-state index in [2.05, 4.69) is 10.1 Å². The number of benzene rings is 1. The number of terminal acetylenes is 1. The molecule has 2 rings (SSSR count). The average Bonchev–Trinajstić information content (AvgIpc) is 2.42. The van der Waals surface area contributed by atoms with Crippen LogP contribution in [0, 0.1) is 12.3 Å². The molecule has 0 N–H and O–H groups in total. The van der Waals surface area contributed by atoms with E-state index in [0.717, 1.165) is 0 Å². The molecule has 4 heteroatoms. The van der Waals surface area contributed by atoms with Crippen LogP contribution < -0.4 is 0 Å². The van der Waals surface area contributed by atoms with Crippen molar-refractivity contribution in [1.82, 2.24) is 0 Å². The quantitative estimate of drug-likeness (QED) is 0.455. The molecule has 1 aliphatic rings. The molecule has 1 heterocycles. The van der Waals surface area contributed by atoms with E-state index in [0.29, 0.717) is 11.1 Å². The van der Waals surface area contributed by atoms with Gasteiger partial charge in [-0.2, -0.15) is 8.42 Å². The summed E-state index contributed by atoms with van der Waals surface area (Å²) < 4.78 is 27.0. The van der Waals surface area contributed by atoms with E-state index >= 15 is 0 Å². The summed E-state index contributed by atoms with van der Waals surface area (Å²) >= 11 is 0. The molecular weight excluding hydrogens is 188 g/mol. The number of rotatable bonds is 0. The second-order valence-corrected chi connectivity index (χ2v) is 4.27. The Morgan fingerprint density at radius 3 is 2.92 bits per heavy atom. The minimum Gasteiger partial charge on any atom is -0.261 e. The van der Waals surface area contributed by atoms with Gasteiger partial charge in [-0.15, -0.1) is 6.42 Å². The first-order valence-electron chi connectivity index (χ1n) is 3.62. The Hall–Kier alpha value is -1.31. The van der Waals surface area contributed by atoms with E-state index in [-0.39, 0.29) is 11.5 Å². The van der Waals surface area contributed by atoms with E-state index in [4.69, 9.17) is 6.42 Å². The Morgan fingerprint density at radius 1 is 1.46 bits per heavy atom. The van der Waals surface area contributed by atoms with Crippen molar-refractivity contribution in [3.05, 3.63) is 29.3 Å². The second-order valence-electron chi connectivity index (χ2n) is 2.68. The minimum atomic E-state index is -3.50. The molecule has 0 unspecified atom stereocenters. The van der Waals surface area contributed by atoms with Crippen LogP contribution in [-0.4, -0.2) is 8.42 Å². The molecule has 13 heavy (non-hydrogen) atoms. The van der Waals surface area contributed by atoms with Crippen LogP contribution in [0.5, 0.6) is 0 Å². The van der Waals surface area contributed by atoms with Gasteiger partial charge >= 0.3 is 0 Å². The fourth-order valence-electron chi connectivity index (χ4n) is 1.23. The lowest BCUT2D eigenvalue weighted by atomic mass is 10.1. The van der Waals surface area contributed by atoms with E-state index in [1.165, 1.54) is 6.07 Å². The summed E-state index contributed by atoms with van der Waals surface area (Å²) in [5.74, 6) is 2.43. The van der Waals surface area contributed by atoms with Gasteiger partial charge in [0.25, 0.3) is 10.1 Å². The molecular formula is C9H6O3S. The molecule has 0 saturated heterocycles. The summed E-state index contributed by atoms with van der Waals surface area (Å²) in [5, 5.41) is 0. The Labute approximate surface area is 76.5 Å². The first-order valence-corrected chi connectivity index (χ1v) is 5.03. The van der Waals surface area contributed by atoms with Crippen molar-refractivity contribution in [3.63, 3.8) is 0 Å². The van der Waals surface area contributed by atoms with Crippen LogP contribution in [0.15, 0.2) is 23.1 Å². The third-order valence-electron chi connectivity index (χ3n) is 1.87. The normalized spacial score (nSPS) is 17.8. The van der Waals surface area contributed by atoms with E-state index in [9.17, 15) is 8.42 Å². The smallest absolute Gasteiger partial charge is 0.261 e. The molecule has 66 valence electrons. The molecule has 0 bridgehead atoms. The van der Waals surface area contributed by atoms with Crippen LogP contribution in [-0.2, 0) is 20.9 Å². The van der Waals surface area contributed by atoms with E-state index in [1.54, 1.807) is 12.1 Å². The molecule has 0 aromatic heterocycles. The molecule has 0 amide bonds. The maximum Gasteiger partial charge on any atom is 0.297 e. The van der Waals surface area contributed by atoms with Gasteiger partial charge < -0.3 is 0 Å². The van der Waals surface area contributed by atoms with Gasteiger partial charge in [0.2, 0.25) is 0 Å². The van der Waals surface area contributed by atoms with Crippen LogP contribution >= 0.6 is 0 Å². The van der Waals surface area contributed by atoms with E-state index < -0.39 is 10.1 Å². The zero-order valence-corrected chi connectivity index (χ0v) is 7.47. The number of hydrogen-bond donors (Lipinski definition) is 0. The molecule has 1 aromatic rings. The van der Waals surface area contributed by atoms with Crippen molar-refractivity contribution < 1.29 is 12.6 Å². The van der Waals surface area contributed by atoms with Crippen LogP contribution in [0.3, 0.4) is 0 Å². The van der Waals surface area contributed by atoms with Gasteiger partial charge in [0.1, 0.15) is 0 Å². The summed E-state index contributed by atoms with van der Waals surface area (Å²) in [6.07, 6.45) is 5.17. The highest BCUT2D eigenvalue weighted by molar-refractivity contribution is 7.87. The SMILES string of the molecule is C#Cc1ccc2c(c1)COS2(=O)=O. The third-order valence-corrected chi connectivity index (χ3v) is 3.23. The highest BCUT2D eigenvalue weighted by Crippen LogP contribution is 2.27. The standard InChI is InChI=1S/C9H6O3S/c1-2-7-3-4-9-8(5-7)6-12-13(9,10)11/h1,3-5H,6H2. The molecule has 0 fully saturated rings. The van der Waals surface area contributed by atoms with Gasteiger partial charge in [0.15, 0.2) is 0 Å². The first kappa shape index (κ1) is 8.30. The topological polar surface area (TPSA) is 43.4 Å².